The van der Waals surface area contributed by atoms with E-state index in [1.165, 1.54) is 9.75 Å². The molecule has 0 amide bonds. The first kappa shape index (κ1) is 12.6. The van der Waals surface area contributed by atoms with Crippen LogP contribution in [0, 0.1) is 18.3 Å². The van der Waals surface area contributed by atoms with Gasteiger partial charge in [0.1, 0.15) is 11.9 Å². The number of aryl methyl sites for hydroxylation is 2. The molecule has 92 valence electrons. The quantitative estimate of drug-likeness (QED) is 0.912. The summed E-state index contributed by atoms with van der Waals surface area (Å²) >= 11 is 1.80. The van der Waals surface area contributed by atoms with Gasteiger partial charge in [0.15, 0.2) is 0 Å². The molecule has 0 aromatic carbocycles. The minimum absolute atomic E-state index is 0.629. The number of hydrogen-bond donors (Lipinski definition) is 1. The van der Waals surface area contributed by atoms with Crippen LogP contribution in [0.4, 0.5) is 5.82 Å². The molecule has 2 rings (SSSR count). The Morgan fingerprint density at radius 3 is 2.78 bits per heavy atom. The summed E-state index contributed by atoms with van der Waals surface area (Å²) in [5, 5.41) is 12.3. The van der Waals surface area contributed by atoms with Gasteiger partial charge in [-0.3, -0.25) is 0 Å². The summed E-state index contributed by atoms with van der Waals surface area (Å²) in [6.07, 6.45) is 2.79. The van der Waals surface area contributed by atoms with E-state index in [1.807, 2.05) is 13.0 Å². The highest BCUT2D eigenvalue weighted by Gasteiger charge is 2.06. The molecule has 18 heavy (non-hydrogen) atoms. The van der Waals surface area contributed by atoms with Crippen molar-refractivity contribution in [1.29, 1.82) is 5.26 Å². The van der Waals surface area contributed by atoms with E-state index in [1.54, 1.807) is 17.5 Å². The summed E-state index contributed by atoms with van der Waals surface area (Å²) in [4.78, 5) is 6.87. The van der Waals surface area contributed by atoms with Crippen LogP contribution in [0.15, 0.2) is 24.4 Å². The second-order valence-corrected chi connectivity index (χ2v) is 5.29. The molecule has 0 saturated heterocycles. The third-order valence-corrected chi connectivity index (χ3v) is 4.00. The average Bonchev–Trinajstić information content (AvgIpc) is 2.84. The molecular weight excluding hydrogens is 242 g/mol. The first-order valence-electron chi connectivity index (χ1n) is 5.91. The predicted octanol–water partition coefficient (Wildman–Crippen LogP) is 3.50. The molecular formula is C14H15N3S. The normalized spacial score (nSPS) is 10.1. The van der Waals surface area contributed by atoms with Crippen LogP contribution in [0.3, 0.4) is 0 Å². The van der Waals surface area contributed by atoms with Crippen LogP contribution in [-0.2, 0) is 13.0 Å². The standard InChI is InChI=1S/C14H15N3S/c1-3-11-4-5-12(18-11)9-17-14-13(8-15)10(2)6-7-16-14/h4-7H,3,9H2,1-2H3,(H,16,17). The van der Waals surface area contributed by atoms with Gasteiger partial charge in [0, 0.05) is 16.0 Å². The molecule has 0 aliphatic heterocycles. The number of nitrogens with zero attached hydrogens (tertiary/aromatic N) is 2. The first-order valence-corrected chi connectivity index (χ1v) is 6.73. The number of pyridine rings is 1. The van der Waals surface area contributed by atoms with Gasteiger partial charge >= 0.3 is 0 Å². The van der Waals surface area contributed by atoms with Gasteiger partial charge in [-0.2, -0.15) is 5.26 Å². The van der Waals surface area contributed by atoms with E-state index < -0.39 is 0 Å². The number of nitriles is 1. The lowest BCUT2D eigenvalue weighted by Crippen LogP contribution is -2.03. The SMILES string of the molecule is CCc1ccc(CNc2nccc(C)c2C#N)s1. The molecule has 2 aromatic rings. The van der Waals surface area contributed by atoms with E-state index in [-0.39, 0.29) is 0 Å². The molecule has 2 aromatic heterocycles. The molecule has 0 spiro atoms. The maximum atomic E-state index is 9.11. The van der Waals surface area contributed by atoms with Crippen LogP contribution in [0.2, 0.25) is 0 Å². The highest BCUT2D eigenvalue weighted by Crippen LogP contribution is 2.20. The fourth-order valence-electron chi connectivity index (χ4n) is 1.71. The summed E-state index contributed by atoms with van der Waals surface area (Å²) in [6, 6.07) is 8.32. The molecule has 0 aliphatic rings. The number of thiophene rings is 1. The molecule has 0 aliphatic carbocycles. The fraction of sp³-hybridized carbons (Fsp3) is 0.286. The van der Waals surface area contributed by atoms with Crippen molar-refractivity contribution in [3.05, 3.63) is 45.3 Å². The molecule has 0 fully saturated rings. The molecule has 4 heteroatoms. The molecule has 0 radical (unpaired) electrons. The Morgan fingerprint density at radius 1 is 1.33 bits per heavy atom. The average molecular weight is 257 g/mol. The maximum Gasteiger partial charge on any atom is 0.144 e. The topological polar surface area (TPSA) is 48.7 Å². The van der Waals surface area contributed by atoms with Crippen LogP contribution < -0.4 is 5.32 Å². The largest absolute Gasteiger partial charge is 0.364 e. The lowest BCUT2D eigenvalue weighted by molar-refractivity contribution is 1.12. The van der Waals surface area contributed by atoms with E-state index in [0.717, 1.165) is 18.5 Å². The molecule has 1 N–H and O–H groups in total. The van der Waals surface area contributed by atoms with Crippen molar-refractivity contribution in [3.8, 4) is 6.07 Å². The van der Waals surface area contributed by atoms with E-state index >= 15 is 0 Å². The Labute approximate surface area is 111 Å². The lowest BCUT2D eigenvalue weighted by atomic mass is 10.1. The molecule has 0 bridgehead atoms. The molecule has 0 unspecified atom stereocenters. The Balaban J connectivity index is 2.11. The van der Waals surface area contributed by atoms with Crippen molar-refractivity contribution in [2.24, 2.45) is 0 Å². The summed E-state index contributed by atoms with van der Waals surface area (Å²) in [5.41, 5.74) is 1.58. The zero-order valence-corrected chi connectivity index (χ0v) is 11.3. The summed E-state index contributed by atoms with van der Waals surface area (Å²) in [5.74, 6) is 0.670. The van der Waals surface area contributed by atoms with Crippen molar-refractivity contribution >= 4 is 17.2 Å². The molecule has 0 saturated carbocycles. The highest BCUT2D eigenvalue weighted by molar-refractivity contribution is 7.12. The predicted molar refractivity (Wildman–Crippen MR) is 74.7 cm³/mol. The molecule has 3 nitrogen and oxygen atoms in total. The minimum atomic E-state index is 0.629. The van der Waals surface area contributed by atoms with Crippen molar-refractivity contribution in [1.82, 2.24) is 4.98 Å². The van der Waals surface area contributed by atoms with Crippen LogP contribution in [0.1, 0.15) is 27.8 Å². The van der Waals surface area contributed by atoms with E-state index in [2.05, 4.69) is 35.4 Å². The second kappa shape index (κ2) is 5.65. The van der Waals surface area contributed by atoms with Gasteiger partial charge in [0.05, 0.1) is 12.1 Å². The second-order valence-electron chi connectivity index (χ2n) is 4.04. The van der Waals surface area contributed by atoms with Gasteiger partial charge < -0.3 is 5.32 Å². The molecule has 2 heterocycles. The smallest absolute Gasteiger partial charge is 0.144 e. The van der Waals surface area contributed by atoms with Crippen LogP contribution in [-0.4, -0.2) is 4.98 Å². The first-order chi connectivity index (χ1) is 8.74. The Morgan fingerprint density at radius 2 is 2.11 bits per heavy atom. The van der Waals surface area contributed by atoms with E-state index in [0.29, 0.717) is 11.4 Å². The third-order valence-electron chi connectivity index (χ3n) is 2.77. The highest BCUT2D eigenvalue weighted by atomic mass is 32.1. The number of anilines is 1. The summed E-state index contributed by atoms with van der Waals surface area (Å²) < 4.78 is 0. The monoisotopic (exact) mass is 257 g/mol. The van der Waals surface area contributed by atoms with E-state index in [4.69, 9.17) is 5.26 Å². The number of rotatable bonds is 4. The van der Waals surface area contributed by atoms with Crippen molar-refractivity contribution in [2.45, 2.75) is 26.8 Å². The summed E-state index contributed by atoms with van der Waals surface area (Å²) in [7, 11) is 0. The third kappa shape index (κ3) is 2.69. The maximum absolute atomic E-state index is 9.11. The van der Waals surface area contributed by atoms with Crippen molar-refractivity contribution < 1.29 is 0 Å². The van der Waals surface area contributed by atoms with Crippen LogP contribution >= 0.6 is 11.3 Å². The number of hydrogen-bond acceptors (Lipinski definition) is 4. The van der Waals surface area contributed by atoms with Crippen molar-refractivity contribution in [3.63, 3.8) is 0 Å². The van der Waals surface area contributed by atoms with Crippen molar-refractivity contribution in [2.75, 3.05) is 5.32 Å². The Kier molecular flexibility index (Phi) is 3.96. The number of nitrogens with one attached hydrogen (secondary N) is 1. The van der Waals surface area contributed by atoms with Crippen LogP contribution in [0.5, 0.6) is 0 Å². The lowest BCUT2D eigenvalue weighted by Gasteiger charge is -2.07. The van der Waals surface area contributed by atoms with Gasteiger partial charge in [0.25, 0.3) is 0 Å². The fourth-order valence-corrected chi connectivity index (χ4v) is 2.61. The van der Waals surface area contributed by atoms with Gasteiger partial charge in [-0.25, -0.2) is 4.98 Å². The summed E-state index contributed by atoms with van der Waals surface area (Å²) in [6.45, 7) is 4.79. The van der Waals surface area contributed by atoms with Gasteiger partial charge in [0.2, 0.25) is 0 Å². The zero-order chi connectivity index (χ0) is 13.0. The Hall–Kier alpha value is -1.86. The van der Waals surface area contributed by atoms with Crippen LogP contribution in [0.25, 0.3) is 0 Å². The molecule has 0 atom stereocenters. The van der Waals surface area contributed by atoms with Gasteiger partial charge in [-0.1, -0.05) is 6.92 Å². The minimum Gasteiger partial charge on any atom is -0.364 e. The zero-order valence-electron chi connectivity index (χ0n) is 10.5. The van der Waals surface area contributed by atoms with Gasteiger partial charge in [-0.15, -0.1) is 11.3 Å². The van der Waals surface area contributed by atoms with Gasteiger partial charge in [-0.05, 0) is 37.1 Å². The number of aromatic nitrogens is 1. The Bertz CT molecular complexity index is 581. The van der Waals surface area contributed by atoms with E-state index in [9.17, 15) is 0 Å².